The fraction of sp³-hybridized carbons (Fsp3) is 0.615. The lowest BCUT2D eigenvalue weighted by molar-refractivity contribution is -0.389. The third-order valence-corrected chi connectivity index (χ3v) is 4.12. The Bertz CT molecular complexity index is 692. The van der Waals surface area contributed by atoms with Crippen LogP contribution >= 0.6 is 11.6 Å². The molecule has 0 radical (unpaired) electrons. The Morgan fingerprint density at radius 1 is 1.40 bits per heavy atom. The first kappa shape index (κ1) is 19.3. The Kier molecular flexibility index (Phi) is 5.47. The molecule has 8 nitrogen and oxygen atoms in total. The van der Waals surface area contributed by atoms with Crippen LogP contribution in [0.15, 0.2) is 0 Å². The molecule has 12 heteroatoms. The predicted molar refractivity (Wildman–Crippen MR) is 76.9 cm³/mol. The summed E-state index contributed by atoms with van der Waals surface area (Å²) >= 11 is 5.52. The molecule has 0 aliphatic carbocycles. The van der Waals surface area contributed by atoms with Crippen LogP contribution in [0.2, 0.25) is 5.28 Å². The summed E-state index contributed by atoms with van der Waals surface area (Å²) in [5.74, 6) is -0.701. The summed E-state index contributed by atoms with van der Waals surface area (Å²) in [6.45, 7) is 0.321. The maximum Gasteiger partial charge on any atom is 0.440 e. The summed E-state index contributed by atoms with van der Waals surface area (Å²) < 4.78 is 49.2. The topological polar surface area (TPSA) is 104 Å². The molecule has 0 unspecified atom stereocenters. The van der Waals surface area contributed by atoms with Crippen LogP contribution in [-0.4, -0.2) is 41.2 Å². The van der Waals surface area contributed by atoms with Crippen molar-refractivity contribution in [1.82, 2.24) is 9.97 Å². The van der Waals surface area contributed by atoms with Gasteiger partial charge in [0.05, 0.1) is 17.4 Å². The van der Waals surface area contributed by atoms with E-state index in [2.05, 4.69) is 9.97 Å². The fourth-order valence-corrected chi connectivity index (χ4v) is 2.92. The van der Waals surface area contributed by atoms with E-state index in [1.165, 1.54) is 0 Å². The highest BCUT2D eigenvalue weighted by atomic mass is 35.5. The summed E-state index contributed by atoms with van der Waals surface area (Å²) in [6.07, 6.45) is -5.29. The molecular formula is C13H13ClF3N3O5. The van der Waals surface area contributed by atoms with Crippen molar-refractivity contribution in [2.45, 2.75) is 25.4 Å². The van der Waals surface area contributed by atoms with Gasteiger partial charge in [-0.15, -0.1) is 0 Å². The van der Waals surface area contributed by atoms with Gasteiger partial charge in [0.2, 0.25) is 11.0 Å². The van der Waals surface area contributed by atoms with Gasteiger partial charge in [-0.25, -0.2) is 9.97 Å². The maximum atomic E-state index is 13.1. The predicted octanol–water partition coefficient (Wildman–Crippen LogP) is 2.57. The minimum absolute atomic E-state index is 0.125. The zero-order chi connectivity index (χ0) is 18.8. The second kappa shape index (κ2) is 7.08. The summed E-state index contributed by atoms with van der Waals surface area (Å²) in [5.41, 5.74) is -4.91. The number of hydrogen-bond acceptors (Lipinski definition) is 7. The molecule has 1 aliphatic heterocycles. The smallest absolute Gasteiger partial charge is 0.440 e. The molecule has 1 aromatic rings. The Morgan fingerprint density at radius 3 is 2.48 bits per heavy atom. The minimum atomic E-state index is -5.10. The van der Waals surface area contributed by atoms with E-state index in [1.807, 2.05) is 0 Å². The Morgan fingerprint density at radius 2 is 2.00 bits per heavy atom. The second-order valence-electron chi connectivity index (χ2n) is 5.45. The van der Waals surface area contributed by atoms with Gasteiger partial charge >= 0.3 is 17.8 Å². The van der Waals surface area contributed by atoms with Crippen molar-refractivity contribution in [3.05, 3.63) is 26.8 Å². The van der Waals surface area contributed by atoms with Crippen molar-refractivity contribution in [3.8, 4) is 0 Å². The Labute approximate surface area is 144 Å². The van der Waals surface area contributed by atoms with Gasteiger partial charge in [-0.05, 0) is 24.4 Å². The van der Waals surface area contributed by atoms with Crippen LogP contribution in [0.1, 0.15) is 24.2 Å². The number of nitro groups is 1. The highest BCUT2D eigenvalue weighted by Crippen LogP contribution is 2.41. The average molecular weight is 384 g/mol. The monoisotopic (exact) mass is 383 g/mol. The molecule has 2 heterocycles. The van der Waals surface area contributed by atoms with Crippen molar-refractivity contribution in [1.29, 1.82) is 0 Å². The van der Waals surface area contributed by atoms with E-state index in [1.54, 1.807) is 0 Å². The molecule has 0 spiro atoms. The first-order chi connectivity index (χ1) is 11.6. The molecule has 25 heavy (non-hydrogen) atoms. The number of methoxy groups -OCH3 is 1. The van der Waals surface area contributed by atoms with Crippen molar-refractivity contribution < 1.29 is 32.4 Å². The largest absolute Gasteiger partial charge is 0.469 e. The van der Waals surface area contributed by atoms with E-state index < -0.39 is 51.3 Å². The summed E-state index contributed by atoms with van der Waals surface area (Å²) in [4.78, 5) is 28.7. The molecule has 0 aromatic carbocycles. The molecular weight excluding hydrogens is 371 g/mol. The molecule has 0 amide bonds. The van der Waals surface area contributed by atoms with E-state index in [0.29, 0.717) is 0 Å². The molecule has 0 atom stereocenters. The number of esters is 1. The van der Waals surface area contributed by atoms with Gasteiger partial charge in [0.25, 0.3) is 0 Å². The first-order valence-corrected chi connectivity index (χ1v) is 7.43. The molecule has 0 N–H and O–H groups in total. The number of alkyl halides is 3. The Hall–Kier alpha value is -2.01. The van der Waals surface area contributed by atoms with Crippen LogP contribution in [0.4, 0.5) is 18.9 Å². The molecule has 1 aromatic heterocycles. The van der Waals surface area contributed by atoms with E-state index in [0.717, 1.165) is 7.11 Å². The van der Waals surface area contributed by atoms with E-state index in [4.69, 9.17) is 21.1 Å². The van der Waals surface area contributed by atoms with Gasteiger partial charge in [0.15, 0.2) is 0 Å². The quantitative estimate of drug-likeness (QED) is 0.340. The molecule has 0 saturated carbocycles. The van der Waals surface area contributed by atoms with Crippen molar-refractivity contribution in [2.75, 3.05) is 20.3 Å². The molecule has 2 rings (SSSR count). The zero-order valence-electron chi connectivity index (χ0n) is 12.9. The average Bonchev–Trinajstić information content (AvgIpc) is 2.53. The summed E-state index contributed by atoms with van der Waals surface area (Å²) in [7, 11) is 1.13. The van der Waals surface area contributed by atoms with Gasteiger partial charge in [0.1, 0.15) is 5.69 Å². The molecule has 1 saturated heterocycles. The third kappa shape index (κ3) is 3.98. The van der Waals surface area contributed by atoms with Crippen molar-refractivity contribution in [2.24, 2.45) is 5.41 Å². The van der Waals surface area contributed by atoms with Crippen LogP contribution in [0.25, 0.3) is 0 Å². The third-order valence-electron chi connectivity index (χ3n) is 3.95. The minimum Gasteiger partial charge on any atom is -0.469 e. The van der Waals surface area contributed by atoms with Crippen LogP contribution < -0.4 is 0 Å². The normalized spacial score (nSPS) is 17.2. The number of halogens is 4. The number of carbonyl (C=O) groups is 1. The van der Waals surface area contributed by atoms with Crippen LogP contribution in [0, 0.1) is 15.5 Å². The van der Waals surface area contributed by atoms with Gasteiger partial charge in [-0.2, -0.15) is 13.2 Å². The summed E-state index contributed by atoms with van der Waals surface area (Å²) in [5, 5.41) is 10.4. The SMILES string of the molecule is COC(=O)C1(Cc2nc(Cl)nc(C(F)(F)F)c2[N+](=O)[O-])CCOCC1. The fourth-order valence-electron chi connectivity index (χ4n) is 2.74. The Balaban J connectivity index is 2.59. The number of nitrogens with zero attached hydrogens (tertiary/aromatic N) is 3. The first-order valence-electron chi connectivity index (χ1n) is 7.05. The lowest BCUT2D eigenvalue weighted by Gasteiger charge is -2.34. The van der Waals surface area contributed by atoms with Crippen LogP contribution in [-0.2, 0) is 26.9 Å². The van der Waals surface area contributed by atoms with E-state index in [-0.39, 0.29) is 26.1 Å². The molecule has 1 fully saturated rings. The lowest BCUT2D eigenvalue weighted by Crippen LogP contribution is -2.40. The van der Waals surface area contributed by atoms with Crippen LogP contribution in [0.3, 0.4) is 0 Å². The van der Waals surface area contributed by atoms with Crippen molar-refractivity contribution >= 4 is 23.3 Å². The van der Waals surface area contributed by atoms with Gasteiger partial charge in [-0.1, -0.05) is 0 Å². The number of aromatic nitrogens is 2. The van der Waals surface area contributed by atoms with Gasteiger partial charge in [-0.3, -0.25) is 14.9 Å². The highest BCUT2D eigenvalue weighted by Gasteiger charge is 2.47. The second-order valence-corrected chi connectivity index (χ2v) is 5.79. The molecule has 138 valence electrons. The lowest BCUT2D eigenvalue weighted by atomic mass is 9.76. The van der Waals surface area contributed by atoms with E-state index in [9.17, 15) is 28.1 Å². The number of rotatable bonds is 4. The van der Waals surface area contributed by atoms with Crippen molar-refractivity contribution in [3.63, 3.8) is 0 Å². The van der Waals surface area contributed by atoms with Gasteiger partial charge < -0.3 is 9.47 Å². The number of carbonyl (C=O) groups excluding carboxylic acids is 1. The number of ether oxygens (including phenoxy) is 2. The van der Waals surface area contributed by atoms with Gasteiger partial charge in [0, 0.05) is 19.6 Å². The maximum absolute atomic E-state index is 13.1. The molecule has 1 aliphatic rings. The number of hydrogen-bond donors (Lipinski definition) is 0. The standard InChI is InChI=1S/C13H13ClF3N3O5/c1-24-10(21)12(2-4-25-5-3-12)6-7-8(20(22)23)9(13(15,16)17)19-11(14)18-7/h2-6H2,1H3. The van der Waals surface area contributed by atoms with Crippen LogP contribution in [0.5, 0.6) is 0 Å². The molecule has 0 bridgehead atoms. The zero-order valence-corrected chi connectivity index (χ0v) is 13.7. The highest BCUT2D eigenvalue weighted by molar-refractivity contribution is 6.28. The van der Waals surface area contributed by atoms with E-state index >= 15 is 0 Å². The summed E-state index contributed by atoms with van der Waals surface area (Å²) in [6, 6.07) is 0.